The Bertz CT molecular complexity index is 340. The molecule has 1 aliphatic rings. The summed E-state index contributed by atoms with van der Waals surface area (Å²) in [6.45, 7) is 4.15. The molecule has 76 valence electrons. The van der Waals surface area contributed by atoms with Crippen LogP contribution in [0, 0.1) is 12.8 Å². The number of hydrogen-bond donors (Lipinski definition) is 1. The van der Waals surface area contributed by atoms with E-state index in [9.17, 15) is 0 Å². The van der Waals surface area contributed by atoms with Gasteiger partial charge in [0.15, 0.2) is 0 Å². The number of ether oxygens (including phenoxy) is 1. The molecule has 0 amide bonds. The summed E-state index contributed by atoms with van der Waals surface area (Å²) in [5.74, 6) is 2.04. The van der Waals surface area contributed by atoms with E-state index in [4.69, 9.17) is 4.74 Å². The van der Waals surface area contributed by atoms with Crippen molar-refractivity contribution in [1.82, 2.24) is 9.97 Å². The van der Waals surface area contributed by atoms with Gasteiger partial charge in [-0.05, 0) is 19.3 Å². The molecule has 4 heteroatoms. The summed E-state index contributed by atoms with van der Waals surface area (Å²) >= 11 is 0. The molecule has 1 aromatic heterocycles. The SMILES string of the molecule is COc1cc(C)nc(NC2CC2C)n1. The molecule has 2 unspecified atom stereocenters. The predicted molar refractivity (Wildman–Crippen MR) is 54.5 cm³/mol. The highest BCUT2D eigenvalue weighted by Crippen LogP contribution is 2.31. The van der Waals surface area contributed by atoms with E-state index in [1.165, 1.54) is 6.42 Å². The van der Waals surface area contributed by atoms with Gasteiger partial charge in [0.1, 0.15) is 0 Å². The zero-order valence-electron chi connectivity index (χ0n) is 8.74. The van der Waals surface area contributed by atoms with Crippen LogP contribution in [-0.2, 0) is 0 Å². The molecule has 2 rings (SSSR count). The van der Waals surface area contributed by atoms with Gasteiger partial charge >= 0.3 is 0 Å². The molecule has 4 nitrogen and oxygen atoms in total. The number of methoxy groups -OCH3 is 1. The lowest BCUT2D eigenvalue weighted by Gasteiger charge is -2.06. The highest BCUT2D eigenvalue weighted by molar-refractivity contribution is 5.33. The van der Waals surface area contributed by atoms with Crippen LogP contribution in [0.1, 0.15) is 19.0 Å². The van der Waals surface area contributed by atoms with E-state index in [0.717, 1.165) is 11.6 Å². The second-order valence-corrected chi connectivity index (χ2v) is 3.84. The number of rotatable bonds is 3. The molecule has 1 saturated carbocycles. The fourth-order valence-electron chi connectivity index (χ4n) is 1.40. The molecule has 0 spiro atoms. The lowest BCUT2D eigenvalue weighted by atomic mass is 10.4. The summed E-state index contributed by atoms with van der Waals surface area (Å²) in [6.07, 6.45) is 1.21. The molecule has 0 radical (unpaired) electrons. The highest BCUT2D eigenvalue weighted by Gasteiger charge is 2.33. The highest BCUT2D eigenvalue weighted by atomic mass is 16.5. The summed E-state index contributed by atoms with van der Waals surface area (Å²) in [4.78, 5) is 8.52. The molecular formula is C10H15N3O. The van der Waals surface area contributed by atoms with Crippen molar-refractivity contribution < 1.29 is 4.74 Å². The van der Waals surface area contributed by atoms with Crippen LogP contribution in [0.2, 0.25) is 0 Å². The monoisotopic (exact) mass is 193 g/mol. The minimum Gasteiger partial charge on any atom is -0.481 e. The first-order valence-corrected chi connectivity index (χ1v) is 4.85. The first-order chi connectivity index (χ1) is 6.69. The number of aromatic nitrogens is 2. The lowest BCUT2D eigenvalue weighted by molar-refractivity contribution is 0.397. The number of nitrogens with one attached hydrogen (secondary N) is 1. The topological polar surface area (TPSA) is 47.0 Å². The van der Waals surface area contributed by atoms with Crippen molar-refractivity contribution in [3.8, 4) is 5.88 Å². The van der Waals surface area contributed by atoms with E-state index in [2.05, 4.69) is 22.2 Å². The first kappa shape index (κ1) is 9.24. The van der Waals surface area contributed by atoms with E-state index in [1.54, 1.807) is 7.11 Å². The van der Waals surface area contributed by atoms with Gasteiger partial charge in [0.2, 0.25) is 11.8 Å². The average Bonchev–Trinajstić information content (AvgIpc) is 2.80. The first-order valence-electron chi connectivity index (χ1n) is 4.85. The molecule has 0 aromatic carbocycles. The number of nitrogens with zero attached hydrogens (tertiary/aromatic N) is 2. The standard InChI is InChI=1S/C10H15N3O/c1-6-4-8(6)12-10-11-7(2)5-9(13-10)14-3/h5-6,8H,4H2,1-3H3,(H,11,12,13). The second kappa shape index (κ2) is 3.44. The van der Waals surface area contributed by atoms with Gasteiger partial charge in [0.25, 0.3) is 0 Å². The van der Waals surface area contributed by atoms with Gasteiger partial charge < -0.3 is 10.1 Å². The van der Waals surface area contributed by atoms with Gasteiger partial charge in [0.05, 0.1) is 7.11 Å². The fraction of sp³-hybridized carbons (Fsp3) is 0.600. The lowest BCUT2D eigenvalue weighted by Crippen LogP contribution is -2.08. The van der Waals surface area contributed by atoms with Crippen molar-refractivity contribution in [3.05, 3.63) is 11.8 Å². The van der Waals surface area contributed by atoms with Crippen molar-refractivity contribution in [2.75, 3.05) is 12.4 Å². The van der Waals surface area contributed by atoms with Gasteiger partial charge in [-0.25, -0.2) is 4.98 Å². The maximum absolute atomic E-state index is 5.07. The van der Waals surface area contributed by atoms with Crippen LogP contribution < -0.4 is 10.1 Å². The third-order valence-corrected chi connectivity index (χ3v) is 2.46. The van der Waals surface area contributed by atoms with E-state index in [1.807, 2.05) is 13.0 Å². The molecular weight excluding hydrogens is 178 g/mol. The Morgan fingerprint density at radius 3 is 2.79 bits per heavy atom. The van der Waals surface area contributed by atoms with Crippen LogP contribution in [0.3, 0.4) is 0 Å². The average molecular weight is 193 g/mol. The molecule has 0 bridgehead atoms. The van der Waals surface area contributed by atoms with E-state index in [-0.39, 0.29) is 0 Å². The minimum absolute atomic E-state index is 0.543. The van der Waals surface area contributed by atoms with Gasteiger partial charge in [-0.3, -0.25) is 0 Å². The van der Waals surface area contributed by atoms with E-state index in [0.29, 0.717) is 17.9 Å². The number of hydrogen-bond acceptors (Lipinski definition) is 4. The maximum Gasteiger partial charge on any atom is 0.226 e. The molecule has 1 aliphatic carbocycles. The minimum atomic E-state index is 0.543. The fourth-order valence-corrected chi connectivity index (χ4v) is 1.40. The Morgan fingerprint density at radius 1 is 1.50 bits per heavy atom. The zero-order chi connectivity index (χ0) is 10.1. The summed E-state index contributed by atoms with van der Waals surface area (Å²) in [5.41, 5.74) is 0.924. The van der Waals surface area contributed by atoms with Crippen molar-refractivity contribution >= 4 is 5.95 Å². The third kappa shape index (κ3) is 1.95. The Balaban J connectivity index is 2.12. The van der Waals surface area contributed by atoms with E-state index < -0.39 is 0 Å². The van der Waals surface area contributed by atoms with Crippen LogP contribution in [0.5, 0.6) is 5.88 Å². The van der Waals surface area contributed by atoms with Crippen LogP contribution in [0.15, 0.2) is 6.07 Å². The quantitative estimate of drug-likeness (QED) is 0.792. The molecule has 2 atom stereocenters. The summed E-state index contributed by atoms with van der Waals surface area (Å²) in [7, 11) is 1.62. The van der Waals surface area contributed by atoms with Crippen LogP contribution in [0.4, 0.5) is 5.95 Å². The maximum atomic E-state index is 5.07. The van der Waals surface area contributed by atoms with Gasteiger partial charge in [-0.15, -0.1) is 0 Å². The van der Waals surface area contributed by atoms with Crippen LogP contribution in [0.25, 0.3) is 0 Å². The summed E-state index contributed by atoms with van der Waals surface area (Å²) < 4.78 is 5.07. The molecule has 1 heterocycles. The summed E-state index contributed by atoms with van der Waals surface area (Å²) in [6, 6.07) is 2.36. The predicted octanol–water partition coefficient (Wildman–Crippen LogP) is 1.61. The normalized spacial score (nSPS) is 24.5. The molecule has 1 fully saturated rings. The zero-order valence-corrected chi connectivity index (χ0v) is 8.74. The van der Waals surface area contributed by atoms with Crippen molar-refractivity contribution in [2.45, 2.75) is 26.3 Å². The Hall–Kier alpha value is -1.32. The molecule has 0 aliphatic heterocycles. The molecule has 1 N–H and O–H groups in total. The second-order valence-electron chi connectivity index (χ2n) is 3.84. The van der Waals surface area contributed by atoms with Gasteiger partial charge in [-0.1, -0.05) is 6.92 Å². The van der Waals surface area contributed by atoms with Gasteiger partial charge in [0, 0.05) is 17.8 Å². The van der Waals surface area contributed by atoms with Crippen molar-refractivity contribution in [1.29, 1.82) is 0 Å². The largest absolute Gasteiger partial charge is 0.481 e. The Labute approximate surface area is 83.7 Å². The Kier molecular flexibility index (Phi) is 2.27. The molecule has 1 aromatic rings. The van der Waals surface area contributed by atoms with Gasteiger partial charge in [-0.2, -0.15) is 4.98 Å². The number of anilines is 1. The van der Waals surface area contributed by atoms with Crippen molar-refractivity contribution in [3.63, 3.8) is 0 Å². The third-order valence-electron chi connectivity index (χ3n) is 2.46. The molecule has 0 saturated heterocycles. The smallest absolute Gasteiger partial charge is 0.226 e. The molecule has 14 heavy (non-hydrogen) atoms. The van der Waals surface area contributed by atoms with Crippen LogP contribution >= 0.6 is 0 Å². The van der Waals surface area contributed by atoms with Crippen molar-refractivity contribution in [2.24, 2.45) is 5.92 Å². The van der Waals surface area contributed by atoms with E-state index >= 15 is 0 Å². The summed E-state index contributed by atoms with van der Waals surface area (Å²) in [5, 5.41) is 3.28. The Morgan fingerprint density at radius 2 is 2.21 bits per heavy atom. The van der Waals surface area contributed by atoms with Crippen LogP contribution in [-0.4, -0.2) is 23.1 Å². The number of aryl methyl sites for hydroxylation is 1.